The van der Waals surface area contributed by atoms with Crippen molar-refractivity contribution in [3.8, 4) is 18.4 Å². The highest BCUT2D eigenvalue weighted by atomic mass is 19.1. The maximum Gasteiger partial charge on any atom is 0.318 e. The summed E-state index contributed by atoms with van der Waals surface area (Å²) in [5, 5.41) is 21.6. The SMILES string of the molecule is C#Cc1c(F)ccc2c1N([C@@H]1CCc3c(nc(OC[C@]4(C)C[C@@H](F)CN4C4CCC(C)(O)CC4)nc3N3C[C@H]4CC(O)[C@@H](C3)N4C(=O)C=C)C1)CCC2. The maximum absolute atomic E-state index is 15.2. The second kappa shape index (κ2) is 13.8. The second-order valence-corrected chi connectivity index (χ2v) is 16.9. The van der Waals surface area contributed by atoms with Gasteiger partial charge in [-0.05, 0) is 89.3 Å². The fourth-order valence-corrected chi connectivity index (χ4v) is 10.5. The zero-order chi connectivity index (χ0) is 37.2. The number of aryl methyl sites for hydroxylation is 1. The van der Waals surface area contributed by atoms with Crippen molar-refractivity contribution in [1.29, 1.82) is 0 Å². The van der Waals surface area contributed by atoms with Gasteiger partial charge < -0.3 is 29.6 Å². The number of benzene rings is 1. The van der Waals surface area contributed by atoms with Crippen LogP contribution >= 0.6 is 0 Å². The van der Waals surface area contributed by atoms with Gasteiger partial charge in [-0.3, -0.25) is 9.69 Å². The van der Waals surface area contributed by atoms with Gasteiger partial charge >= 0.3 is 6.01 Å². The minimum Gasteiger partial charge on any atom is -0.461 e. The summed E-state index contributed by atoms with van der Waals surface area (Å²) in [7, 11) is 0. The molecule has 1 aromatic heterocycles. The average Bonchev–Trinajstić information content (AvgIpc) is 3.55. The number of amides is 1. The van der Waals surface area contributed by atoms with E-state index in [2.05, 4.69) is 34.1 Å². The quantitative estimate of drug-likeness (QED) is 0.322. The molecular weight excluding hydrogens is 678 g/mol. The van der Waals surface area contributed by atoms with Crippen molar-refractivity contribution in [3.05, 3.63) is 53.0 Å². The number of terminal acetylenes is 1. The molecule has 4 fully saturated rings. The van der Waals surface area contributed by atoms with Gasteiger partial charge in [0.25, 0.3) is 0 Å². The van der Waals surface area contributed by atoms with E-state index in [0.717, 1.165) is 67.0 Å². The molecule has 1 saturated carbocycles. The molecule has 53 heavy (non-hydrogen) atoms. The molecule has 3 saturated heterocycles. The highest BCUT2D eigenvalue weighted by Gasteiger charge is 2.50. The zero-order valence-electron chi connectivity index (χ0n) is 30.9. The summed E-state index contributed by atoms with van der Waals surface area (Å²) in [5.41, 5.74) is 2.79. The Hall–Kier alpha value is -3.79. The van der Waals surface area contributed by atoms with Gasteiger partial charge in [0.05, 0.1) is 46.3 Å². The predicted molar refractivity (Wildman–Crippen MR) is 198 cm³/mol. The lowest BCUT2D eigenvalue weighted by molar-refractivity contribution is -0.130. The highest BCUT2D eigenvalue weighted by molar-refractivity contribution is 5.88. The molecule has 2 aromatic rings. The summed E-state index contributed by atoms with van der Waals surface area (Å²) in [6.07, 6.45) is 13.2. The number of likely N-dealkylation sites (tertiary alicyclic amines) is 1. The van der Waals surface area contributed by atoms with E-state index in [1.54, 1.807) is 4.90 Å². The van der Waals surface area contributed by atoms with Crippen molar-refractivity contribution in [2.45, 2.75) is 132 Å². The van der Waals surface area contributed by atoms with Crippen LogP contribution in [0.25, 0.3) is 0 Å². The molecule has 2 bridgehead atoms. The van der Waals surface area contributed by atoms with Gasteiger partial charge in [0.1, 0.15) is 24.4 Å². The molecule has 4 aliphatic heterocycles. The third-order valence-corrected chi connectivity index (χ3v) is 13.1. The van der Waals surface area contributed by atoms with Crippen LogP contribution in [0.2, 0.25) is 0 Å². The largest absolute Gasteiger partial charge is 0.461 e. The molecule has 6 atom stereocenters. The Morgan fingerprint density at radius 2 is 1.92 bits per heavy atom. The van der Waals surface area contributed by atoms with Crippen LogP contribution in [0.3, 0.4) is 0 Å². The van der Waals surface area contributed by atoms with Crippen molar-refractivity contribution in [2.24, 2.45) is 0 Å². The molecule has 284 valence electrons. The molecule has 10 nitrogen and oxygen atoms in total. The molecule has 2 N–H and O–H groups in total. The molecule has 6 aliphatic rings. The van der Waals surface area contributed by atoms with E-state index in [1.807, 2.05) is 13.0 Å². The first-order valence-electron chi connectivity index (χ1n) is 19.5. The van der Waals surface area contributed by atoms with Gasteiger partial charge in [-0.15, -0.1) is 6.42 Å². The van der Waals surface area contributed by atoms with E-state index in [-0.39, 0.29) is 42.5 Å². The lowest BCUT2D eigenvalue weighted by Crippen LogP contribution is -2.57. The first-order valence-corrected chi connectivity index (χ1v) is 19.5. The lowest BCUT2D eigenvalue weighted by Gasteiger charge is -2.44. The molecule has 12 heteroatoms. The summed E-state index contributed by atoms with van der Waals surface area (Å²) in [6, 6.07) is 3.16. The van der Waals surface area contributed by atoms with Crippen molar-refractivity contribution in [1.82, 2.24) is 19.8 Å². The molecule has 1 amide bonds. The number of carbonyl (C=O) groups excluding carboxylic acids is 1. The number of aliphatic hydroxyl groups excluding tert-OH is 1. The number of anilines is 2. The van der Waals surface area contributed by atoms with E-state index >= 15 is 8.78 Å². The number of hydrogen-bond donors (Lipinski definition) is 2. The number of hydrogen-bond acceptors (Lipinski definition) is 9. The van der Waals surface area contributed by atoms with E-state index < -0.39 is 29.5 Å². The molecule has 2 aliphatic carbocycles. The topological polar surface area (TPSA) is 106 Å². The monoisotopic (exact) mass is 730 g/mol. The Labute approximate surface area is 311 Å². The first kappa shape index (κ1) is 36.2. The first-order chi connectivity index (χ1) is 25.4. The predicted octanol–water partition coefficient (Wildman–Crippen LogP) is 4.12. The van der Waals surface area contributed by atoms with Crippen molar-refractivity contribution in [3.63, 3.8) is 0 Å². The molecule has 0 spiro atoms. The van der Waals surface area contributed by atoms with Crippen LogP contribution in [0.4, 0.5) is 20.3 Å². The van der Waals surface area contributed by atoms with Crippen LogP contribution in [0.15, 0.2) is 24.8 Å². The van der Waals surface area contributed by atoms with Crippen LogP contribution in [0.1, 0.15) is 87.6 Å². The number of rotatable bonds is 7. The Kier molecular flexibility index (Phi) is 9.43. The number of alkyl halides is 1. The molecule has 5 heterocycles. The van der Waals surface area contributed by atoms with Gasteiger partial charge in [0.15, 0.2) is 0 Å². The summed E-state index contributed by atoms with van der Waals surface area (Å²) in [5.74, 6) is 2.80. The van der Waals surface area contributed by atoms with Crippen LogP contribution in [0, 0.1) is 18.2 Å². The average molecular weight is 731 g/mol. The van der Waals surface area contributed by atoms with Crippen molar-refractivity contribution >= 4 is 17.4 Å². The van der Waals surface area contributed by atoms with E-state index in [9.17, 15) is 15.0 Å². The minimum atomic E-state index is -0.978. The van der Waals surface area contributed by atoms with Gasteiger partial charge in [-0.25, -0.2) is 8.78 Å². The van der Waals surface area contributed by atoms with Crippen molar-refractivity contribution in [2.75, 3.05) is 42.6 Å². The van der Waals surface area contributed by atoms with Crippen LogP contribution < -0.4 is 14.5 Å². The Bertz CT molecular complexity index is 1810. The highest BCUT2D eigenvalue weighted by Crippen LogP contribution is 2.42. The van der Waals surface area contributed by atoms with Crippen LogP contribution in [-0.2, 0) is 24.1 Å². The zero-order valence-corrected chi connectivity index (χ0v) is 30.9. The third-order valence-electron chi connectivity index (χ3n) is 13.1. The third kappa shape index (κ3) is 6.57. The lowest BCUT2D eigenvalue weighted by atomic mass is 9.82. The molecule has 0 radical (unpaired) electrons. The molecular formula is C41H52F2N6O4. The molecule has 8 rings (SSSR count). The van der Waals surface area contributed by atoms with Crippen molar-refractivity contribution < 1.29 is 28.5 Å². The molecule has 1 unspecified atom stereocenters. The number of aliphatic hydroxyl groups is 2. The number of nitrogens with zero attached hydrogens (tertiary/aromatic N) is 6. The van der Waals surface area contributed by atoms with Crippen LogP contribution in [-0.4, -0.2) is 116 Å². The number of carbonyl (C=O) groups is 1. The Morgan fingerprint density at radius 3 is 2.66 bits per heavy atom. The number of halogens is 2. The summed E-state index contributed by atoms with van der Waals surface area (Å²) in [6.45, 7) is 9.84. The van der Waals surface area contributed by atoms with Crippen LogP contribution in [0.5, 0.6) is 6.01 Å². The van der Waals surface area contributed by atoms with E-state index in [0.29, 0.717) is 63.7 Å². The minimum absolute atomic E-state index is 0.0322. The smallest absolute Gasteiger partial charge is 0.318 e. The summed E-state index contributed by atoms with van der Waals surface area (Å²) < 4.78 is 36.7. The van der Waals surface area contributed by atoms with Gasteiger partial charge in [-0.1, -0.05) is 18.6 Å². The van der Waals surface area contributed by atoms with Gasteiger partial charge in [0, 0.05) is 56.7 Å². The Morgan fingerprint density at radius 1 is 1.13 bits per heavy atom. The standard InChI is InChI=1S/C41H52F2N6O4/c1-5-30-32(43)12-9-25-8-7-17-47(37(25)30)28-10-11-31-33(18-28)44-39(45-38(31)46-22-29-19-35(50)34(23-46)49(29)36(51)6-2)53-24-40(3)20-26(42)21-48(40)27-13-15-41(4,52)16-14-27/h1,6,9,12,26-29,34-35,50,52H,2,7-8,10-11,13-24H2,3-4H3/t26-,27?,28-,29-,34-,35?,40+,41?/m1/s1. The summed E-state index contributed by atoms with van der Waals surface area (Å²) in [4.78, 5) is 31.4. The maximum atomic E-state index is 15.2. The fraction of sp³-hybridized carbons (Fsp3) is 0.634. The normalized spacial score (nSPS) is 34.0. The van der Waals surface area contributed by atoms with Gasteiger partial charge in [0.2, 0.25) is 5.91 Å². The van der Waals surface area contributed by atoms with Gasteiger partial charge in [-0.2, -0.15) is 9.97 Å². The fourth-order valence-electron chi connectivity index (χ4n) is 10.5. The second-order valence-electron chi connectivity index (χ2n) is 16.9. The van der Waals surface area contributed by atoms with E-state index in [4.69, 9.17) is 21.1 Å². The molecule has 1 aromatic carbocycles. The number of aromatic nitrogens is 2. The summed E-state index contributed by atoms with van der Waals surface area (Å²) >= 11 is 0. The number of fused-ring (bicyclic) bond motifs is 4. The Balaban J connectivity index is 1.11. The number of ether oxygens (including phenoxy) is 1. The van der Waals surface area contributed by atoms with E-state index in [1.165, 1.54) is 12.1 Å². The number of piperazine rings is 1.